The molecule has 1 aliphatic rings. The fourth-order valence-electron chi connectivity index (χ4n) is 2.17. The van der Waals surface area contributed by atoms with Crippen LogP contribution in [0.2, 0.25) is 5.02 Å². The summed E-state index contributed by atoms with van der Waals surface area (Å²) in [6.45, 7) is 2.02. The zero-order valence-electron chi connectivity index (χ0n) is 11.7. The second kappa shape index (κ2) is 6.24. The highest BCUT2D eigenvalue weighted by molar-refractivity contribution is 8.27. The number of hydrogen-bond acceptors (Lipinski definition) is 3. The van der Waals surface area contributed by atoms with Crippen molar-refractivity contribution in [1.29, 1.82) is 0 Å². The van der Waals surface area contributed by atoms with Gasteiger partial charge in [0.25, 0.3) is 5.91 Å². The van der Waals surface area contributed by atoms with Crippen LogP contribution in [0, 0.1) is 6.92 Å². The summed E-state index contributed by atoms with van der Waals surface area (Å²) in [5.74, 6) is -0.0967. The first kappa shape index (κ1) is 15.3. The van der Waals surface area contributed by atoms with E-state index in [9.17, 15) is 4.79 Å². The average Bonchev–Trinajstić information content (AvgIpc) is 2.77. The molecule has 22 heavy (non-hydrogen) atoms. The smallest absolute Gasteiger partial charge is 0.268 e. The molecule has 2 aromatic carbocycles. The number of thioether (sulfide) groups is 1. The van der Waals surface area contributed by atoms with Crippen LogP contribution in [0.15, 0.2) is 53.4 Å². The van der Waals surface area contributed by atoms with Crippen LogP contribution in [0.4, 0.5) is 5.69 Å². The number of anilines is 1. The highest BCUT2D eigenvalue weighted by Gasteiger charge is 2.33. The van der Waals surface area contributed by atoms with Crippen molar-refractivity contribution in [2.24, 2.45) is 0 Å². The van der Waals surface area contributed by atoms with Gasteiger partial charge in [-0.2, -0.15) is 0 Å². The first-order chi connectivity index (χ1) is 10.6. The summed E-state index contributed by atoms with van der Waals surface area (Å²) < 4.78 is 0.534. The Morgan fingerprint density at radius 1 is 1.14 bits per heavy atom. The standard InChI is InChI=1S/C17H12ClNOS2/c1-11-4-2-3-5-12(11)10-15-16(20)19(17(21)22-15)14-8-6-13(18)7-9-14/h2-10H,1H3/b15-10-. The SMILES string of the molecule is Cc1ccccc1/C=C1\SC(=S)N(c2ccc(Cl)cc2)C1=O. The summed E-state index contributed by atoms with van der Waals surface area (Å²) in [6, 6.07) is 15.0. The van der Waals surface area contributed by atoms with Gasteiger partial charge in [0.05, 0.1) is 10.6 Å². The van der Waals surface area contributed by atoms with Crippen molar-refractivity contribution in [3.63, 3.8) is 0 Å². The third-order valence-electron chi connectivity index (χ3n) is 3.35. The molecular weight excluding hydrogens is 334 g/mol. The zero-order valence-corrected chi connectivity index (χ0v) is 14.1. The van der Waals surface area contributed by atoms with E-state index < -0.39 is 0 Å². The van der Waals surface area contributed by atoms with Crippen LogP contribution in [0.3, 0.4) is 0 Å². The van der Waals surface area contributed by atoms with Gasteiger partial charge in [0.1, 0.15) is 0 Å². The Hall–Kier alpha value is -1.62. The molecule has 1 aliphatic heterocycles. The molecule has 3 rings (SSSR count). The Kier molecular flexibility index (Phi) is 4.34. The number of nitrogens with zero attached hydrogens (tertiary/aromatic N) is 1. The van der Waals surface area contributed by atoms with Gasteiger partial charge in [-0.3, -0.25) is 9.69 Å². The molecule has 0 unspecified atom stereocenters. The van der Waals surface area contributed by atoms with E-state index in [0.29, 0.717) is 14.2 Å². The van der Waals surface area contributed by atoms with Gasteiger partial charge in [-0.15, -0.1) is 0 Å². The molecule has 1 heterocycles. The number of benzene rings is 2. The van der Waals surface area contributed by atoms with Crippen molar-refractivity contribution >= 4 is 57.6 Å². The van der Waals surface area contributed by atoms with Crippen LogP contribution in [0.25, 0.3) is 6.08 Å². The minimum absolute atomic E-state index is 0.0967. The predicted octanol–water partition coefficient (Wildman–Crippen LogP) is 5.05. The normalized spacial score (nSPS) is 16.6. The molecule has 0 aliphatic carbocycles. The van der Waals surface area contributed by atoms with Crippen molar-refractivity contribution in [2.75, 3.05) is 4.90 Å². The summed E-state index contributed by atoms with van der Waals surface area (Å²) in [4.78, 5) is 14.8. The van der Waals surface area contributed by atoms with Crippen molar-refractivity contribution < 1.29 is 4.79 Å². The molecule has 0 N–H and O–H groups in total. The summed E-state index contributed by atoms with van der Waals surface area (Å²) >= 11 is 12.6. The second-order valence-electron chi connectivity index (χ2n) is 4.85. The monoisotopic (exact) mass is 345 g/mol. The van der Waals surface area contributed by atoms with Crippen molar-refractivity contribution in [3.8, 4) is 0 Å². The van der Waals surface area contributed by atoms with Gasteiger partial charge in [-0.1, -0.05) is 59.8 Å². The summed E-state index contributed by atoms with van der Waals surface area (Å²) in [5.41, 5.74) is 2.89. The molecule has 0 atom stereocenters. The Morgan fingerprint density at radius 3 is 2.50 bits per heavy atom. The largest absolute Gasteiger partial charge is 0.270 e. The summed E-state index contributed by atoms with van der Waals surface area (Å²) in [5, 5.41) is 0.629. The molecule has 5 heteroatoms. The lowest BCUT2D eigenvalue weighted by atomic mass is 10.1. The molecule has 2 aromatic rings. The Morgan fingerprint density at radius 2 is 1.82 bits per heavy atom. The Balaban J connectivity index is 1.95. The molecule has 0 radical (unpaired) electrons. The minimum atomic E-state index is -0.0967. The van der Waals surface area contributed by atoms with Gasteiger partial charge >= 0.3 is 0 Å². The van der Waals surface area contributed by atoms with Gasteiger partial charge in [0.15, 0.2) is 4.32 Å². The molecule has 0 aromatic heterocycles. The molecular formula is C17H12ClNOS2. The van der Waals surface area contributed by atoms with E-state index >= 15 is 0 Å². The number of thiocarbonyl (C=S) groups is 1. The fourth-order valence-corrected chi connectivity index (χ4v) is 3.59. The number of amides is 1. The molecule has 1 saturated heterocycles. The van der Waals surface area contributed by atoms with E-state index in [-0.39, 0.29) is 5.91 Å². The Labute approximate surface area is 143 Å². The van der Waals surface area contributed by atoms with Crippen molar-refractivity contribution in [3.05, 3.63) is 69.6 Å². The summed E-state index contributed by atoms with van der Waals surface area (Å²) in [6.07, 6.45) is 1.89. The highest BCUT2D eigenvalue weighted by atomic mass is 35.5. The maximum absolute atomic E-state index is 12.6. The molecule has 0 bridgehead atoms. The van der Waals surface area contributed by atoms with Gasteiger partial charge in [-0.25, -0.2) is 0 Å². The lowest BCUT2D eigenvalue weighted by Crippen LogP contribution is -2.27. The van der Waals surface area contributed by atoms with Crippen LogP contribution in [0.1, 0.15) is 11.1 Å². The highest BCUT2D eigenvalue weighted by Crippen LogP contribution is 2.36. The van der Waals surface area contributed by atoms with E-state index in [2.05, 4.69) is 0 Å². The molecule has 1 amide bonds. The lowest BCUT2D eigenvalue weighted by molar-refractivity contribution is -0.113. The first-order valence-corrected chi connectivity index (χ1v) is 8.26. The van der Waals surface area contributed by atoms with Crippen molar-refractivity contribution in [1.82, 2.24) is 0 Å². The lowest BCUT2D eigenvalue weighted by Gasteiger charge is -2.14. The zero-order chi connectivity index (χ0) is 15.7. The maximum Gasteiger partial charge on any atom is 0.270 e. The number of aryl methyl sites for hydroxylation is 1. The first-order valence-electron chi connectivity index (χ1n) is 6.65. The van der Waals surface area contributed by atoms with Gasteiger partial charge in [0, 0.05) is 5.02 Å². The van der Waals surface area contributed by atoms with E-state index in [4.69, 9.17) is 23.8 Å². The number of rotatable bonds is 2. The third kappa shape index (κ3) is 2.95. The maximum atomic E-state index is 12.6. The fraction of sp³-hybridized carbons (Fsp3) is 0.0588. The number of carbonyl (C=O) groups excluding carboxylic acids is 1. The average molecular weight is 346 g/mol. The van der Waals surface area contributed by atoms with Crippen LogP contribution in [0.5, 0.6) is 0 Å². The molecule has 110 valence electrons. The van der Waals surface area contributed by atoms with Gasteiger partial charge in [0.2, 0.25) is 0 Å². The van der Waals surface area contributed by atoms with Crippen LogP contribution >= 0.6 is 35.6 Å². The van der Waals surface area contributed by atoms with E-state index in [1.807, 2.05) is 37.3 Å². The van der Waals surface area contributed by atoms with E-state index in [1.54, 1.807) is 29.2 Å². The summed E-state index contributed by atoms with van der Waals surface area (Å²) in [7, 11) is 0. The van der Waals surface area contributed by atoms with Gasteiger partial charge < -0.3 is 0 Å². The van der Waals surface area contributed by atoms with Crippen LogP contribution in [-0.2, 0) is 4.79 Å². The quantitative estimate of drug-likeness (QED) is 0.561. The molecule has 0 saturated carbocycles. The van der Waals surface area contributed by atoms with E-state index in [1.165, 1.54) is 11.8 Å². The second-order valence-corrected chi connectivity index (χ2v) is 6.96. The number of hydrogen-bond donors (Lipinski definition) is 0. The third-order valence-corrected chi connectivity index (χ3v) is 4.91. The van der Waals surface area contributed by atoms with Crippen LogP contribution < -0.4 is 4.90 Å². The Bertz CT molecular complexity index is 784. The van der Waals surface area contributed by atoms with Gasteiger partial charge in [-0.05, 0) is 48.4 Å². The number of halogens is 1. The number of carbonyl (C=O) groups is 1. The molecule has 1 fully saturated rings. The molecule has 2 nitrogen and oxygen atoms in total. The van der Waals surface area contributed by atoms with E-state index in [0.717, 1.165) is 16.8 Å². The topological polar surface area (TPSA) is 20.3 Å². The van der Waals surface area contributed by atoms with Crippen LogP contribution in [-0.4, -0.2) is 10.2 Å². The van der Waals surface area contributed by atoms with Crippen molar-refractivity contribution in [2.45, 2.75) is 6.92 Å². The molecule has 0 spiro atoms. The predicted molar refractivity (Wildman–Crippen MR) is 98.3 cm³/mol. The minimum Gasteiger partial charge on any atom is -0.268 e.